The number of rotatable bonds is 2. The molecule has 4 bridgehead atoms. The summed E-state index contributed by atoms with van der Waals surface area (Å²) in [5.74, 6) is 3.56. The first-order valence-electron chi connectivity index (χ1n) is 12.0. The molecule has 6 aliphatic rings. The second-order valence-electron chi connectivity index (χ2n) is 11.0. The van der Waals surface area contributed by atoms with Gasteiger partial charge < -0.3 is 0 Å². The Kier molecular flexibility index (Phi) is 3.93. The van der Waals surface area contributed by atoms with Crippen molar-refractivity contribution in [3.8, 4) is 11.1 Å². The first kappa shape index (κ1) is 18.4. The van der Waals surface area contributed by atoms with E-state index in [1.165, 1.54) is 49.7 Å². The van der Waals surface area contributed by atoms with Crippen LogP contribution < -0.4 is 0 Å². The van der Waals surface area contributed by atoms with Crippen LogP contribution >= 0.6 is 0 Å². The van der Waals surface area contributed by atoms with Crippen molar-refractivity contribution in [2.45, 2.75) is 49.1 Å². The van der Waals surface area contributed by atoms with E-state index in [1.807, 2.05) is 0 Å². The van der Waals surface area contributed by atoms with Gasteiger partial charge in [0.15, 0.2) is 0 Å². The number of fused-ring (bicyclic) bond motifs is 3. The van der Waals surface area contributed by atoms with E-state index in [0.717, 1.165) is 17.8 Å². The minimum atomic E-state index is 0.482. The van der Waals surface area contributed by atoms with Gasteiger partial charge in [-0.05, 0) is 0 Å². The molecule has 8 rings (SSSR count). The molecule has 4 saturated carbocycles. The van der Waals surface area contributed by atoms with E-state index in [-0.39, 0.29) is 0 Å². The molecule has 4 fully saturated rings. The Balaban J connectivity index is 1.42. The van der Waals surface area contributed by atoms with Crippen molar-refractivity contribution in [1.82, 2.24) is 0 Å². The van der Waals surface area contributed by atoms with E-state index in [0.29, 0.717) is 15.0 Å². The van der Waals surface area contributed by atoms with E-state index >= 15 is 0 Å². The van der Waals surface area contributed by atoms with Crippen molar-refractivity contribution in [1.29, 1.82) is 0 Å². The predicted octanol–water partition coefficient (Wildman–Crippen LogP) is 7.48. The third kappa shape index (κ3) is 2.42. The third-order valence-corrected chi connectivity index (χ3v) is 10.6. The molecule has 2 unspecified atom stereocenters. The average Bonchev–Trinajstić information content (AvgIpc) is 3.26. The normalized spacial score (nSPS) is 37.7. The first-order valence-corrected chi connectivity index (χ1v) is 13.4. The molecular formula is C29H29Zr. The Bertz CT molecular complexity index is 1080. The van der Waals surface area contributed by atoms with Crippen LogP contribution in [0, 0.1) is 29.1 Å². The molecular weight excluding hydrogens is 440 g/mol. The van der Waals surface area contributed by atoms with Crippen molar-refractivity contribution in [3.05, 3.63) is 76.9 Å². The Hall–Kier alpha value is -1.20. The first-order chi connectivity index (χ1) is 14.6. The van der Waals surface area contributed by atoms with Gasteiger partial charge in [-0.3, -0.25) is 0 Å². The molecule has 0 heterocycles. The van der Waals surface area contributed by atoms with Crippen LogP contribution in [0.25, 0.3) is 16.7 Å². The summed E-state index contributed by atoms with van der Waals surface area (Å²) in [5, 5.41) is 0. The Morgan fingerprint density at radius 3 is 2.17 bits per heavy atom. The molecule has 0 spiro atoms. The summed E-state index contributed by atoms with van der Waals surface area (Å²) >= 11 is 1.62. The predicted molar refractivity (Wildman–Crippen MR) is 120 cm³/mol. The Morgan fingerprint density at radius 1 is 0.800 bits per heavy atom. The van der Waals surface area contributed by atoms with Gasteiger partial charge in [0.1, 0.15) is 0 Å². The summed E-state index contributed by atoms with van der Waals surface area (Å²) in [7, 11) is 0. The van der Waals surface area contributed by atoms with Gasteiger partial charge in [0, 0.05) is 0 Å². The van der Waals surface area contributed by atoms with Crippen molar-refractivity contribution >= 4 is 5.57 Å². The van der Waals surface area contributed by atoms with Crippen molar-refractivity contribution < 1.29 is 24.7 Å². The van der Waals surface area contributed by atoms with Gasteiger partial charge >= 0.3 is 196 Å². The fourth-order valence-corrected chi connectivity index (χ4v) is 9.84. The molecule has 0 nitrogen and oxygen atoms in total. The fraction of sp³-hybridized carbons (Fsp3) is 0.448. The van der Waals surface area contributed by atoms with Crippen LogP contribution in [-0.4, -0.2) is 0 Å². The van der Waals surface area contributed by atoms with Gasteiger partial charge in [-0.25, -0.2) is 0 Å². The molecule has 1 heteroatoms. The molecule has 2 atom stereocenters. The van der Waals surface area contributed by atoms with Crippen molar-refractivity contribution in [2.24, 2.45) is 29.1 Å². The van der Waals surface area contributed by atoms with Crippen molar-refractivity contribution in [2.75, 3.05) is 0 Å². The van der Waals surface area contributed by atoms with Crippen LogP contribution in [0.3, 0.4) is 0 Å². The molecule has 0 aromatic heterocycles. The van der Waals surface area contributed by atoms with E-state index in [4.69, 9.17) is 0 Å². The maximum absolute atomic E-state index is 2.58. The van der Waals surface area contributed by atoms with Gasteiger partial charge in [0.25, 0.3) is 0 Å². The van der Waals surface area contributed by atoms with Gasteiger partial charge in [0.05, 0.1) is 0 Å². The van der Waals surface area contributed by atoms with Gasteiger partial charge in [-0.15, -0.1) is 0 Å². The monoisotopic (exact) mass is 467 g/mol. The summed E-state index contributed by atoms with van der Waals surface area (Å²) in [6.07, 6.45) is 14.1. The van der Waals surface area contributed by atoms with Crippen LogP contribution in [0.4, 0.5) is 0 Å². The summed E-state index contributed by atoms with van der Waals surface area (Å²) in [6.45, 7) is 2.44. The topological polar surface area (TPSA) is 0 Å². The van der Waals surface area contributed by atoms with Crippen LogP contribution in [0.5, 0.6) is 0 Å². The Morgan fingerprint density at radius 2 is 1.43 bits per heavy atom. The van der Waals surface area contributed by atoms with Crippen molar-refractivity contribution in [3.63, 3.8) is 0 Å². The second kappa shape index (κ2) is 6.41. The quantitative estimate of drug-likeness (QED) is 0.428. The van der Waals surface area contributed by atoms with E-state index in [9.17, 15) is 0 Å². The van der Waals surface area contributed by atoms with Crippen LogP contribution in [0.15, 0.2) is 60.2 Å². The number of benzene rings is 2. The van der Waals surface area contributed by atoms with Crippen LogP contribution in [-0.2, 0) is 24.7 Å². The van der Waals surface area contributed by atoms with Crippen LogP contribution in [0.1, 0.15) is 65.8 Å². The molecule has 30 heavy (non-hydrogen) atoms. The zero-order valence-corrected chi connectivity index (χ0v) is 20.3. The summed E-state index contributed by atoms with van der Waals surface area (Å²) in [6, 6.07) is 16.3. The molecule has 0 N–H and O–H groups in total. The number of hydrogen-bond acceptors (Lipinski definition) is 0. The third-order valence-electron chi connectivity index (χ3n) is 9.15. The Labute approximate surface area is 195 Å². The SMILES string of the molecule is CC1C=CC(C23CC4CC(CC(C4)C2)C3)=C1c1cccc2c1[CH]([Zr])c1ccccc1-2. The van der Waals surface area contributed by atoms with E-state index < -0.39 is 0 Å². The average molecular weight is 469 g/mol. The van der Waals surface area contributed by atoms with E-state index in [1.54, 1.807) is 52.6 Å². The second-order valence-corrected chi connectivity index (χ2v) is 12.4. The van der Waals surface area contributed by atoms with Gasteiger partial charge in [-0.2, -0.15) is 0 Å². The summed E-state index contributed by atoms with van der Waals surface area (Å²) in [5.41, 5.74) is 11.7. The molecule has 0 aliphatic heterocycles. The molecule has 6 aliphatic carbocycles. The molecule has 2 aromatic carbocycles. The zero-order chi connectivity index (χ0) is 20.0. The number of hydrogen-bond donors (Lipinski definition) is 0. The molecule has 149 valence electrons. The molecule has 0 amide bonds. The van der Waals surface area contributed by atoms with Gasteiger partial charge in [-0.1, -0.05) is 0 Å². The van der Waals surface area contributed by atoms with E-state index in [2.05, 4.69) is 61.5 Å². The zero-order valence-electron chi connectivity index (χ0n) is 17.8. The van der Waals surface area contributed by atoms with Crippen LogP contribution in [0.2, 0.25) is 0 Å². The summed E-state index contributed by atoms with van der Waals surface area (Å²) < 4.78 is 0.581. The maximum atomic E-state index is 2.58. The standard InChI is InChI=1S/C29H29.Zr/c1-18-9-10-27(29-15-19-11-20(16-29)13-21(12-19)17-29)28(18)25-8-4-7-24-23-6-3-2-5-22(23)14-26(24)25;/h2-10,14,18-21H,11-13,15-17H2,1H3;. The summed E-state index contributed by atoms with van der Waals surface area (Å²) in [4.78, 5) is 0. The molecule has 2 aromatic rings. The minimum absolute atomic E-state index is 0.482. The number of allylic oxidation sites excluding steroid dienone is 4. The van der Waals surface area contributed by atoms with Gasteiger partial charge in [0.2, 0.25) is 0 Å². The molecule has 0 saturated heterocycles. The fourth-order valence-electron chi connectivity index (χ4n) is 8.46. The molecule has 0 radical (unpaired) electrons.